The largest absolute Gasteiger partial charge is 0.379 e. The number of morpholine rings is 1. The fourth-order valence-electron chi connectivity index (χ4n) is 4.14. The first-order valence-corrected chi connectivity index (χ1v) is 11.8. The minimum absolute atomic E-state index is 0. The quantitative estimate of drug-likeness (QED) is 0.265. The van der Waals surface area contributed by atoms with Crippen LogP contribution in [0, 0.1) is 5.92 Å². The summed E-state index contributed by atoms with van der Waals surface area (Å²) in [4.78, 5) is 20.9. The Morgan fingerprint density at radius 1 is 1.06 bits per heavy atom. The summed E-state index contributed by atoms with van der Waals surface area (Å²) in [5, 5.41) is 6.92. The molecule has 1 atom stereocenters. The summed E-state index contributed by atoms with van der Waals surface area (Å²) in [5.74, 6) is 2.31. The predicted octanol–water partition coefficient (Wildman–Crippen LogP) is 1.13. The number of hydrogen-bond donors (Lipinski definition) is 2. The Morgan fingerprint density at radius 3 is 2.38 bits per heavy atom. The van der Waals surface area contributed by atoms with Crippen molar-refractivity contribution in [3.63, 3.8) is 0 Å². The van der Waals surface area contributed by atoms with Crippen molar-refractivity contribution in [2.45, 2.75) is 26.8 Å². The average molecular weight is 561 g/mol. The van der Waals surface area contributed by atoms with Crippen molar-refractivity contribution < 1.29 is 4.74 Å². The molecule has 182 valence electrons. The Morgan fingerprint density at radius 2 is 1.75 bits per heavy atom. The maximum atomic E-state index is 5.52. The van der Waals surface area contributed by atoms with Crippen molar-refractivity contribution >= 4 is 35.9 Å². The number of guanidine groups is 1. The van der Waals surface area contributed by atoms with E-state index in [0.29, 0.717) is 12.0 Å². The molecule has 0 aliphatic carbocycles. The van der Waals surface area contributed by atoms with Gasteiger partial charge in [-0.15, -0.1) is 24.0 Å². The van der Waals surface area contributed by atoms with E-state index in [1.54, 1.807) is 0 Å². The Labute approximate surface area is 210 Å². The van der Waals surface area contributed by atoms with Gasteiger partial charge in [0.25, 0.3) is 0 Å². The second kappa shape index (κ2) is 14.8. The molecule has 1 aromatic rings. The molecule has 0 bridgehead atoms. The number of ether oxygens (including phenoxy) is 1. The molecule has 0 aromatic carbocycles. The highest BCUT2D eigenvalue weighted by atomic mass is 127. The molecule has 3 rings (SSSR count). The molecule has 10 heteroatoms. The zero-order chi connectivity index (χ0) is 21.9. The van der Waals surface area contributed by atoms with Gasteiger partial charge in [-0.1, -0.05) is 13.8 Å². The summed E-state index contributed by atoms with van der Waals surface area (Å²) < 4.78 is 5.52. The summed E-state index contributed by atoms with van der Waals surface area (Å²) in [6.45, 7) is 17.9. The lowest BCUT2D eigenvalue weighted by Gasteiger charge is -2.36. The van der Waals surface area contributed by atoms with Crippen LogP contribution in [0.25, 0.3) is 0 Å². The molecular weight excluding hydrogens is 519 g/mol. The second-order valence-corrected chi connectivity index (χ2v) is 8.48. The monoisotopic (exact) mass is 560 g/mol. The van der Waals surface area contributed by atoms with Crippen LogP contribution < -0.4 is 15.5 Å². The highest BCUT2D eigenvalue weighted by molar-refractivity contribution is 14.0. The fraction of sp³-hybridized carbons (Fsp3) is 0.773. The molecule has 0 spiro atoms. The van der Waals surface area contributed by atoms with Crippen LogP contribution in [0.4, 0.5) is 5.95 Å². The number of hydrogen-bond acceptors (Lipinski definition) is 7. The summed E-state index contributed by atoms with van der Waals surface area (Å²) in [6.07, 6.45) is 3.62. The van der Waals surface area contributed by atoms with Crippen LogP contribution in [-0.4, -0.2) is 110 Å². The molecule has 0 amide bonds. The maximum absolute atomic E-state index is 5.52. The van der Waals surface area contributed by atoms with Gasteiger partial charge in [0.15, 0.2) is 5.96 Å². The summed E-state index contributed by atoms with van der Waals surface area (Å²) in [6, 6.07) is 2.31. The van der Waals surface area contributed by atoms with E-state index < -0.39 is 0 Å². The van der Waals surface area contributed by atoms with Crippen LogP contribution in [0.3, 0.4) is 0 Å². The lowest BCUT2D eigenvalue weighted by molar-refractivity contribution is 0.00867. The zero-order valence-corrected chi connectivity index (χ0v) is 22.2. The molecule has 2 aliphatic rings. The molecule has 3 heterocycles. The molecule has 1 aromatic heterocycles. The van der Waals surface area contributed by atoms with E-state index >= 15 is 0 Å². The van der Waals surface area contributed by atoms with Crippen molar-refractivity contribution in [1.29, 1.82) is 0 Å². The van der Waals surface area contributed by atoms with E-state index in [1.165, 1.54) is 0 Å². The number of anilines is 1. The van der Waals surface area contributed by atoms with Crippen molar-refractivity contribution in [3.05, 3.63) is 18.5 Å². The number of aromatic nitrogens is 2. The first kappa shape index (κ1) is 27.0. The van der Waals surface area contributed by atoms with Gasteiger partial charge in [0, 0.05) is 77.3 Å². The second-order valence-electron chi connectivity index (χ2n) is 8.48. The SMILES string of the molecule is CCNC(=NCC(C(C)C)N1CCOCC1)NCCN1CCN(c2ncccn2)CC1.I. The highest BCUT2D eigenvalue weighted by Gasteiger charge is 2.23. The lowest BCUT2D eigenvalue weighted by Crippen LogP contribution is -2.50. The van der Waals surface area contributed by atoms with Crippen LogP contribution >= 0.6 is 24.0 Å². The van der Waals surface area contributed by atoms with Crippen LogP contribution in [0.1, 0.15) is 20.8 Å². The van der Waals surface area contributed by atoms with E-state index in [4.69, 9.17) is 9.73 Å². The molecule has 2 N–H and O–H groups in total. The number of halogens is 1. The van der Waals surface area contributed by atoms with Gasteiger partial charge in [-0.3, -0.25) is 14.8 Å². The van der Waals surface area contributed by atoms with Crippen molar-refractivity contribution in [1.82, 2.24) is 30.4 Å². The summed E-state index contributed by atoms with van der Waals surface area (Å²) >= 11 is 0. The number of piperazine rings is 1. The van der Waals surface area contributed by atoms with Gasteiger partial charge in [0.1, 0.15) is 0 Å². The third-order valence-corrected chi connectivity index (χ3v) is 5.99. The summed E-state index contributed by atoms with van der Waals surface area (Å²) in [5.41, 5.74) is 0. The van der Waals surface area contributed by atoms with Crippen LogP contribution in [0.15, 0.2) is 23.5 Å². The number of nitrogens with zero attached hydrogens (tertiary/aromatic N) is 6. The van der Waals surface area contributed by atoms with Gasteiger partial charge in [0.05, 0.1) is 19.8 Å². The average Bonchev–Trinajstić information content (AvgIpc) is 2.81. The molecule has 0 saturated carbocycles. The lowest BCUT2D eigenvalue weighted by atomic mass is 10.0. The van der Waals surface area contributed by atoms with Gasteiger partial charge in [-0.25, -0.2) is 9.97 Å². The molecule has 2 saturated heterocycles. The van der Waals surface area contributed by atoms with Crippen molar-refractivity contribution in [2.24, 2.45) is 10.9 Å². The maximum Gasteiger partial charge on any atom is 0.225 e. The zero-order valence-electron chi connectivity index (χ0n) is 19.9. The predicted molar refractivity (Wildman–Crippen MR) is 141 cm³/mol. The van der Waals surface area contributed by atoms with Crippen LogP contribution in [-0.2, 0) is 4.74 Å². The molecule has 32 heavy (non-hydrogen) atoms. The third-order valence-electron chi connectivity index (χ3n) is 5.99. The first-order valence-electron chi connectivity index (χ1n) is 11.8. The van der Waals surface area contributed by atoms with E-state index in [9.17, 15) is 0 Å². The first-order chi connectivity index (χ1) is 15.2. The van der Waals surface area contributed by atoms with Crippen molar-refractivity contribution in [3.8, 4) is 0 Å². The smallest absolute Gasteiger partial charge is 0.225 e. The third kappa shape index (κ3) is 8.60. The highest BCUT2D eigenvalue weighted by Crippen LogP contribution is 2.13. The summed E-state index contributed by atoms with van der Waals surface area (Å²) in [7, 11) is 0. The minimum Gasteiger partial charge on any atom is -0.379 e. The number of nitrogens with one attached hydrogen (secondary N) is 2. The van der Waals surface area contributed by atoms with Crippen molar-refractivity contribution in [2.75, 3.05) is 83.6 Å². The number of rotatable bonds is 9. The fourth-order valence-corrected chi connectivity index (χ4v) is 4.14. The van der Waals surface area contributed by atoms with Gasteiger partial charge in [0.2, 0.25) is 5.95 Å². The molecule has 0 radical (unpaired) electrons. The van der Waals surface area contributed by atoms with Gasteiger partial charge in [-0.05, 0) is 18.9 Å². The Hall–Kier alpha value is -1.24. The molecule has 1 unspecified atom stereocenters. The van der Waals surface area contributed by atoms with E-state index in [2.05, 4.69) is 56.1 Å². The minimum atomic E-state index is 0. The van der Waals surface area contributed by atoms with Crippen LogP contribution in [0.2, 0.25) is 0 Å². The van der Waals surface area contributed by atoms with E-state index in [0.717, 1.165) is 90.6 Å². The molecule has 9 nitrogen and oxygen atoms in total. The normalized spacial score (nSPS) is 19.5. The van der Waals surface area contributed by atoms with Crippen LogP contribution in [0.5, 0.6) is 0 Å². The van der Waals surface area contributed by atoms with E-state index in [-0.39, 0.29) is 24.0 Å². The number of aliphatic imine (C=N–C) groups is 1. The van der Waals surface area contributed by atoms with Gasteiger partial charge in [-0.2, -0.15) is 0 Å². The Bertz CT molecular complexity index is 649. The van der Waals surface area contributed by atoms with Gasteiger partial charge >= 0.3 is 0 Å². The van der Waals surface area contributed by atoms with E-state index in [1.807, 2.05) is 18.5 Å². The molecular formula is C22H41IN8O. The molecule has 2 fully saturated rings. The topological polar surface area (TPSA) is 81.2 Å². The standard InChI is InChI=1S/C22H40N8O.HI/c1-4-23-21(27-18-20(19(2)3)29-14-16-31-17-15-29)24-8-9-28-10-12-30(13-11-28)22-25-6-5-7-26-22;/h5-7,19-20H,4,8-18H2,1-3H3,(H2,23,24,27);1H. The Kier molecular flexibility index (Phi) is 12.5. The van der Waals surface area contributed by atoms with Gasteiger partial charge < -0.3 is 20.3 Å². The molecule has 2 aliphatic heterocycles. The Balaban J connectivity index is 0.00000363.